The average Bonchev–Trinajstić information content (AvgIpc) is 2.81. The number of likely N-dealkylation sites (tertiary alicyclic amines) is 1. The molecule has 3 rings (SSSR count). The third-order valence-electron chi connectivity index (χ3n) is 6.00. The van der Waals surface area contributed by atoms with Crippen molar-refractivity contribution in [3.05, 3.63) is 52.6 Å². The zero-order chi connectivity index (χ0) is 23.3. The second-order valence-corrected chi connectivity index (χ2v) is 8.15. The van der Waals surface area contributed by atoms with E-state index in [1.807, 2.05) is 26.8 Å². The third kappa shape index (κ3) is 5.33. The normalized spacial score (nSPS) is 14.1. The molecule has 32 heavy (non-hydrogen) atoms. The Labute approximate surface area is 189 Å². The SMILES string of the molecule is COc1ccc(C(=O)N2CCC(NC(=O)COc3c(C)ccc(C)c3C)CC2)cc1OC. The Morgan fingerprint density at radius 1 is 0.969 bits per heavy atom. The lowest BCUT2D eigenvalue weighted by molar-refractivity contribution is -0.124. The van der Waals surface area contributed by atoms with Crippen molar-refractivity contribution in [2.24, 2.45) is 0 Å². The van der Waals surface area contributed by atoms with Crippen LogP contribution in [-0.2, 0) is 4.79 Å². The minimum Gasteiger partial charge on any atom is -0.493 e. The molecule has 7 heteroatoms. The Morgan fingerprint density at radius 2 is 1.62 bits per heavy atom. The molecule has 1 aliphatic rings. The van der Waals surface area contributed by atoms with E-state index in [1.165, 1.54) is 0 Å². The maximum atomic E-state index is 12.9. The fourth-order valence-corrected chi connectivity index (χ4v) is 3.93. The number of nitrogens with zero attached hydrogens (tertiary/aromatic N) is 1. The summed E-state index contributed by atoms with van der Waals surface area (Å²) >= 11 is 0. The average molecular weight is 441 g/mol. The molecular weight excluding hydrogens is 408 g/mol. The fourth-order valence-electron chi connectivity index (χ4n) is 3.93. The van der Waals surface area contributed by atoms with Gasteiger partial charge in [-0.15, -0.1) is 0 Å². The number of carbonyl (C=O) groups excluding carboxylic acids is 2. The molecule has 0 unspecified atom stereocenters. The molecule has 0 spiro atoms. The third-order valence-corrected chi connectivity index (χ3v) is 6.00. The number of aryl methyl sites for hydroxylation is 2. The van der Waals surface area contributed by atoms with Crippen LogP contribution in [0.3, 0.4) is 0 Å². The quantitative estimate of drug-likeness (QED) is 0.714. The van der Waals surface area contributed by atoms with Crippen molar-refractivity contribution in [1.29, 1.82) is 0 Å². The summed E-state index contributed by atoms with van der Waals surface area (Å²) in [6.45, 7) is 7.14. The first-order valence-electron chi connectivity index (χ1n) is 10.8. The van der Waals surface area contributed by atoms with Gasteiger partial charge in [-0.3, -0.25) is 9.59 Å². The van der Waals surface area contributed by atoms with Gasteiger partial charge in [0.1, 0.15) is 5.75 Å². The van der Waals surface area contributed by atoms with Crippen LogP contribution >= 0.6 is 0 Å². The minimum atomic E-state index is -0.144. The number of amides is 2. The predicted molar refractivity (Wildman–Crippen MR) is 123 cm³/mol. The maximum Gasteiger partial charge on any atom is 0.258 e. The largest absolute Gasteiger partial charge is 0.493 e. The highest BCUT2D eigenvalue weighted by molar-refractivity contribution is 5.95. The molecule has 0 atom stereocenters. The first kappa shape index (κ1) is 23.4. The van der Waals surface area contributed by atoms with Gasteiger partial charge in [0.2, 0.25) is 0 Å². The van der Waals surface area contributed by atoms with Crippen LogP contribution in [0.1, 0.15) is 39.9 Å². The fraction of sp³-hybridized carbons (Fsp3) is 0.440. The summed E-state index contributed by atoms with van der Waals surface area (Å²) in [6, 6.07) is 9.25. The summed E-state index contributed by atoms with van der Waals surface area (Å²) < 4.78 is 16.3. The topological polar surface area (TPSA) is 77.1 Å². The van der Waals surface area contributed by atoms with Crippen molar-refractivity contribution < 1.29 is 23.8 Å². The molecule has 172 valence electrons. The number of hydrogen-bond acceptors (Lipinski definition) is 5. The highest BCUT2D eigenvalue weighted by atomic mass is 16.5. The van der Waals surface area contributed by atoms with E-state index < -0.39 is 0 Å². The smallest absolute Gasteiger partial charge is 0.258 e. The van der Waals surface area contributed by atoms with Gasteiger partial charge in [0, 0.05) is 24.7 Å². The monoisotopic (exact) mass is 440 g/mol. The number of piperidine rings is 1. The molecule has 0 saturated carbocycles. The lowest BCUT2D eigenvalue weighted by Crippen LogP contribution is -2.47. The number of rotatable bonds is 7. The van der Waals surface area contributed by atoms with Gasteiger partial charge in [0.25, 0.3) is 11.8 Å². The van der Waals surface area contributed by atoms with Crippen LogP contribution in [0.25, 0.3) is 0 Å². The van der Waals surface area contributed by atoms with Crippen molar-refractivity contribution in [2.75, 3.05) is 33.9 Å². The van der Waals surface area contributed by atoms with Crippen LogP contribution in [0.5, 0.6) is 17.2 Å². The molecule has 0 radical (unpaired) electrons. The second-order valence-electron chi connectivity index (χ2n) is 8.15. The van der Waals surface area contributed by atoms with E-state index in [1.54, 1.807) is 37.3 Å². The highest BCUT2D eigenvalue weighted by Crippen LogP contribution is 2.28. The Balaban J connectivity index is 1.50. The highest BCUT2D eigenvalue weighted by Gasteiger charge is 2.25. The van der Waals surface area contributed by atoms with E-state index >= 15 is 0 Å². The number of hydrogen-bond donors (Lipinski definition) is 1. The van der Waals surface area contributed by atoms with Crippen molar-refractivity contribution in [2.45, 2.75) is 39.7 Å². The first-order chi connectivity index (χ1) is 15.3. The van der Waals surface area contributed by atoms with Gasteiger partial charge in [0.15, 0.2) is 18.1 Å². The van der Waals surface area contributed by atoms with Crippen molar-refractivity contribution in [3.63, 3.8) is 0 Å². The van der Waals surface area contributed by atoms with Crippen LogP contribution in [-0.4, -0.2) is 56.7 Å². The zero-order valence-electron chi connectivity index (χ0n) is 19.5. The number of benzene rings is 2. The van der Waals surface area contributed by atoms with Crippen LogP contribution in [0.4, 0.5) is 0 Å². The predicted octanol–water partition coefficient (Wildman–Crippen LogP) is 3.43. The lowest BCUT2D eigenvalue weighted by atomic mass is 10.0. The van der Waals surface area contributed by atoms with E-state index in [-0.39, 0.29) is 24.5 Å². The molecule has 7 nitrogen and oxygen atoms in total. The molecule has 0 aliphatic carbocycles. The van der Waals surface area contributed by atoms with Crippen molar-refractivity contribution in [3.8, 4) is 17.2 Å². The number of nitrogens with one attached hydrogen (secondary N) is 1. The van der Waals surface area contributed by atoms with Gasteiger partial charge in [-0.05, 0) is 68.5 Å². The van der Waals surface area contributed by atoms with Crippen LogP contribution in [0, 0.1) is 20.8 Å². The first-order valence-corrected chi connectivity index (χ1v) is 10.8. The Morgan fingerprint density at radius 3 is 2.28 bits per heavy atom. The van der Waals surface area contributed by atoms with Gasteiger partial charge in [-0.1, -0.05) is 12.1 Å². The Kier molecular flexibility index (Phi) is 7.62. The van der Waals surface area contributed by atoms with Crippen molar-refractivity contribution >= 4 is 11.8 Å². The van der Waals surface area contributed by atoms with Gasteiger partial charge in [0.05, 0.1) is 14.2 Å². The summed E-state index contributed by atoms with van der Waals surface area (Å²) in [7, 11) is 3.11. The minimum absolute atomic E-state index is 0.0179. The Bertz CT molecular complexity index is 981. The Hall–Kier alpha value is -3.22. The molecular formula is C25H32N2O5. The molecule has 2 aromatic carbocycles. The molecule has 1 aliphatic heterocycles. The zero-order valence-corrected chi connectivity index (χ0v) is 19.5. The maximum absolute atomic E-state index is 12.9. The van der Waals surface area contributed by atoms with E-state index in [4.69, 9.17) is 14.2 Å². The lowest BCUT2D eigenvalue weighted by Gasteiger charge is -2.32. The molecule has 1 N–H and O–H groups in total. The summed E-state index contributed by atoms with van der Waals surface area (Å²) in [5.41, 5.74) is 3.77. The molecule has 1 fully saturated rings. The second kappa shape index (κ2) is 10.4. The summed E-state index contributed by atoms with van der Waals surface area (Å²) in [5, 5.41) is 3.04. The number of methoxy groups -OCH3 is 2. The number of carbonyl (C=O) groups is 2. The van der Waals surface area contributed by atoms with E-state index in [2.05, 4.69) is 11.4 Å². The molecule has 1 saturated heterocycles. The molecule has 0 bridgehead atoms. The summed E-state index contributed by atoms with van der Waals surface area (Å²) in [6.07, 6.45) is 1.40. The van der Waals surface area contributed by atoms with E-state index in [0.717, 1.165) is 22.4 Å². The van der Waals surface area contributed by atoms with Crippen LogP contribution in [0.2, 0.25) is 0 Å². The van der Waals surface area contributed by atoms with Crippen LogP contribution in [0.15, 0.2) is 30.3 Å². The van der Waals surface area contributed by atoms with E-state index in [9.17, 15) is 9.59 Å². The summed E-state index contributed by atoms with van der Waals surface area (Å²) in [5.74, 6) is 1.69. The molecule has 0 aromatic heterocycles. The van der Waals surface area contributed by atoms with Gasteiger partial charge >= 0.3 is 0 Å². The molecule has 2 aromatic rings. The summed E-state index contributed by atoms with van der Waals surface area (Å²) in [4.78, 5) is 27.1. The van der Waals surface area contributed by atoms with E-state index in [0.29, 0.717) is 43.0 Å². The van der Waals surface area contributed by atoms with Crippen molar-refractivity contribution in [1.82, 2.24) is 10.2 Å². The van der Waals surface area contributed by atoms with Gasteiger partial charge < -0.3 is 24.4 Å². The van der Waals surface area contributed by atoms with Crippen LogP contribution < -0.4 is 19.5 Å². The van der Waals surface area contributed by atoms with Gasteiger partial charge in [-0.2, -0.15) is 0 Å². The number of ether oxygens (including phenoxy) is 3. The standard InChI is InChI=1S/C25H32N2O5/c1-16-6-7-17(2)24(18(16)3)32-15-23(28)26-20-10-12-27(13-11-20)25(29)19-8-9-21(30-4)22(14-19)31-5/h6-9,14,20H,10-13,15H2,1-5H3,(H,26,28). The molecule has 1 heterocycles. The molecule has 2 amide bonds. The van der Waals surface area contributed by atoms with Gasteiger partial charge in [-0.25, -0.2) is 0 Å².